The molecule has 0 aromatic carbocycles. The molecular weight excluding hydrogens is 308 g/mol. The first kappa shape index (κ1) is 16.4. The summed E-state index contributed by atoms with van der Waals surface area (Å²) in [5.41, 5.74) is -0.583. The average Bonchev–Trinajstić information content (AvgIpc) is 3.18. The van der Waals surface area contributed by atoms with E-state index < -0.39 is 0 Å². The van der Waals surface area contributed by atoms with Crippen LogP contribution in [0.4, 0.5) is 0 Å². The molecule has 5 heteroatoms. The summed E-state index contributed by atoms with van der Waals surface area (Å²) in [4.78, 5) is 23.5. The number of carbonyl (C=O) groups is 2. The molecule has 3 saturated carbocycles. The van der Waals surface area contributed by atoms with E-state index in [1.54, 1.807) is 0 Å². The second kappa shape index (κ2) is 4.54. The number of epoxide rings is 1. The van der Waals surface area contributed by atoms with Gasteiger partial charge in [-0.05, 0) is 31.1 Å². The summed E-state index contributed by atoms with van der Waals surface area (Å²) in [7, 11) is 0. The molecule has 1 heterocycles. The zero-order valence-corrected chi connectivity index (χ0v) is 15.3. The number of fused-ring (bicyclic) bond motifs is 6. The van der Waals surface area contributed by atoms with E-state index in [-0.39, 0.29) is 51.9 Å². The Hall–Kier alpha value is -1.10. The van der Waals surface area contributed by atoms with Crippen LogP contribution in [0.1, 0.15) is 60.3 Å². The molecule has 1 spiro atoms. The van der Waals surface area contributed by atoms with Crippen LogP contribution in [0.5, 0.6) is 0 Å². The molecule has 0 radical (unpaired) electrons. The molecule has 0 aromatic heterocycles. The molecular formula is C19H28O5. The van der Waals surface area contributed by atoms with Crippen LogP contribution in [0, 0.1) is 22.2 Å². The molecule has 5 nitrogen and oxygen atoms in total. The van der Waals surface area contributed by atoms with E-state index >= 15 is 0 Å². The van der Waals surface area contributed by atoms with Crippen LogP contribution < -0.4 is 0 Å². The topological polar surface area (TPSA) is 65.1 Å². The molecule has 2 bridgehead atoms. The first-order valence-electron chi connectivity index (χ1n) is 9.09. The summed E-state index contributed by atoms with van der Waals surface area (Å²) in [6.45, 7) is 10.5. The lowest BCUT2D eigenvalue weighted by Crippen LogP contribution is -2.51. The second-order valence-electron chi connectivity index (χ2n) is 9.03. The largest absolute Gasteiger partial charge is 0.462 e. The Labute approximate surface area is 143 Å². The van der Waals surface area contributed by atoms with E-state index in [0.717, 1.165) is 32.3 Å². The second-order valence-corrected chi connectivity index (χ2v) is 9.03. The highest BCUT2D eigenvalue weighted by atomic mass is 16.6. The van der Waals surface area contributed by atoms with Crippen molar-refractivity contribution >= 4 is 11.9 Å². The molecule has 3 aliphatic carbocycles. The quantitative estimate of drug-likeness (QED) is 0.573. The monoisotopic (exact) mass is 336 g/mol. The Morgan fingerprint density at radius 3 is 2.17 bits per heavy atom. The molecule has 0 unspecified atom stereocenters. The number of ether oxygens (including phenoxy) is 3. The van der Waals surface area contributed by atoms with Crippen LogP contribution in [0.25, 0.3) is 0 Å². The standard InChI is InChI=1S/C19H28O5/c1-11(20)23-13-6-7-17(4)16(3)8-9-19(10-22-19)14(18(13,17)5)15(16)24-12(2)21/h13-15H,6-10H2,1-5H3/t13-,14-,15+,16+,17+,18-,19-/m0/s1. The maximum Gasteiger partial charge on any atom is 0.302 e. The predicted octanol–water partition coefficient (Wildman–Crippen LogP) is 2.86. The van der Waals surface area contributed by atoms with Crippen LogP contribution in [-0.4, -0.2) is 36.4 Å². The Bertz CT molecular complexity index is 611. The molecule has 4 fully saturated rings. The van der Waals surface area contributed by atoms with Crippen molar-refractivity contribution in [2.45, 2.75) is 78.1 Å². The summed E-state index contributed by atoms with van der Waals surface area (Å²) in [5.74, 6) is -0.374. The van der Waals surface area contributed by atoms with E-state index in [0.29, 0.717) is 0 Å². The number of hydrogen-bond acceptors (Lipinski definition) is 5. The summed E-state index contributed by atoms with van der Waals surface area (Å²) < 4.78 is 17.7. The molecule has 0 amide bonds. The molecule has 0 N–H and O–H groups in total. The fraction of sp³-hybridized carbons (Fsp3) is 0.895. The van der Waals surface area contributed by atoms with Crippen LogP contribution in [0.3, 0.4) is 0 Å². The van der Waals surface area contributed by atoms with Crippen molar-refractivity contribution < 1.29 is 23.8 Å². The minimum atomic E-state index is -0.236. The Balaban J connectivity index is 1.86. The van der Waals surface area contributed by atoms with Crippen molar-refractivity contribution in [1.29, 1.82) is 0 Å². The zero-order chi connectivity index (χ0) is 17.5. The maximum absolute atomic E-state index is 11.8. The number of esters is 2. The van der Waals surface area contributed by atoms with Gasteiger partial charge < -0.3 is 14.2 Å². The first-order chi connectivity index (χ1) is 11.1. The zero-order valence-electron chi connectivity index (χ0n) is 15.3. The van der Waals surface area contributed by atoms with Gasteiger partial charge in [-0.1, -0.05) is 20.8 Å². The summed E-state index contributed by atoms with van der Waals surface area (Å²) in [6, 6.07) is 0. The van der Waals surface area contributed by atoms with Gasteiger partial charge in [0.15, 0.2) is 0 Å². The maximum atomic E-state index is 11.8. The highest BCUT2D eigenvalue weighted by Crippen LogP contribution is 2.80. The van der Waals surface area contributed by atoms with Gasteiger partial charge in [0.2, 0.25) is 0 Å². The Morgan fingerprint density at radius 1 is 1.00 bits per heavy atom. The normalized spacial score (nSPS) is 54.5. The van der Waals surface area contributed by atoms with Gasteiger partial charge in [-0.25, -0.2) is 0 Å². The fourth-order valence-corrected chi connectivity index (χ4v) is 6.83. The summed E-state index contributed by atoms with van der Waals surface area (Å²) >= 11 is 0. The Morgan fingerprint density at radius 2 is 1.62 bits per heavy atom. The van der Waals surface area contributed by atoms with Crippen LogP contribution >= 0.6 is 0 Å². The molecule has 7 atom stereocenters. The predicted molar refractivity (Wildman–Crippen MR) is 86.1 cm³/mol. The molecule has 1 aliphatic heterocycles. The third-order valence-corrected chi connectivity index (χ3v) is 8.35. The Kier molecular flexibility index (Phi) is 3.10. The van der Waals surface area contributed by atoms with E-state index in [4.69, 9.17) is 14.2 Å². The van der Waals surface area contributed by atoms with Crippen LogP contribution in [-0.2, 0) is 23.8 Å². The van der Waals surface area contributed by atoms with E-state index in [2.05, 4.69) is 20.8 Å². The lowest BCUT2D eigenvalue weighted by Gasteiger charge is -2.47. The van der Waals surface area contributed by atoms with Gasteiger partial charge in [0.05, 0.1) is 12.2 Å². The molecule has 1 saturated heterocycles. The first-order valence-corrected chi connectivity index (χ1v) is 9.09. The van der Waals surface area contributed by atoms with Crippen LogP contribution in [0.2, 0.25) is 0 Å². The van der Waals surface area contributed by atoms with Gasteiger partial charge in [-0.3, -0.25) is 9.59 Å². The summed E-state index contributed by atoms with van der Waals surface area (Å²) in [5, 5.41) is 0. The fourth-order valence-electron chi connectivity index (χ4n) is 6.83. The van der Waals surface area contributed by atoms with Crippen molar-refractivity contribution in [3.63, 3.8) is 0 Å². The number of carbonyl (C=O) groups excluding carboxylic acids is 2. The minimum Gasteiger partial charge on any atom is -0.462 e. The lowest BCUT2D eigenvalue weighted by atomic mass is 9.58. The third-order valence-electron chi connectivity index (χ3n) is 8.35. The smallest absolute Gasteiger partial charge is 0.302 e. The van der Waals surface area contributed by atoms with Crippen molar-refractivity contribution in [2.75, 3.05) is 6.61 Å². The van der Waals surface area contributed by atoms with Gasteiger partial charge in [-0.15, -0.1) is 0 Å². The number of hydrogen-bond donors (Lipinski definition) is 0. The highest BCUT2D eigenvalue weighted by Gasteiger charge is 2.83. The van der Waals surface area contributed by atoms with Crippen molar-refractivity contribution in [3.8, 4) is 0 Å². The molecule has 24 heavy (non-hydrogen) atoms. The van der Waals surface area contributed by atoms with Gasteiger partial charge in [0.25, 0.3) is 0 Å². The SMILES string of the molecule is CC(=O)O[C@H]1CC[C@@]2(C)[C@]1(C)[C@@H]1[C@@H](OC(C)=O)[C@@]2(C)CC[C@]12CO2. The highest BCUT2D eigenvalue weighted by molar-refractivity contribution is 5.67. The third kappa shape index (κ3) is 1.65. The van der Waals surface area contributed by atoms with E-state index in [1.165, 1.54) is 13.8 Å². The molecule has 134 valence electrons. The summed E-state index contributed by atoms with van der Waals surface area (Å²) in [6.07, 6.45) is 3.55. The van der Waals surface area contributed by atoms with Gasteiger partial charge in [0.1, 0.15) is 12.2 Å². The van der Waals surface area contributed by atoms with Crippen LogP contribution in [0.15, 0.2) is 0 Å². The van der Waals surface area contributed by atoms with E-state index in [1.807, 2.05) is 0 Å². The average molecular weight is 336 g/mol. The molecule has 4 rings (SSSR count). The number of rotatable bonds is 2. The van der Waals surface area contributed by atoms with Gasteiger partial charge in [-0.2, -0.15) is 0 Å². The van der Waals surface area contributed by atoms with Gasteiger partial charge in [0, 0.05) is 30.6 Å². The molecule has 4 aliphatic rings. The lowest BCUT2D eigenvalue weighted by molar-refractivity contribution is -0.168. The van der Waals surface area contributed by atoms with Crippen molar-refractivity contribution in [2.24, 2.45) is 22.2 Å². The van der Waals surface area contributed by atoms with Crippen molar-refractivity contribution in [3.05, 3.63) is 0 Å². The van der Waals surface area contributed by atoms with E-state index in [9.17, 15) is 9.59 Å². The minimum absolute atomic E-state index is 0.0413. The molecule has 0 aromatic rings. The van der Waals surface area contributed by atoms with Gasteiger partial charge >= 0.3 is 11.9 Å². The van der Waals surface area contributed by atoms with Crippen molar-refractivity contribution in [1.82, 2.24) is 0 Å².